The molecule has 2 aromatic carbocycles. The first-order chi connectivity index (χ1) is 12.1. The van der Waals surface area contributed by atoms with Gasteiger partial charge in [0.1, 0.15) is 17.2 Å². The summed E-state index contributed by atoms with van der Waals surface area (Å²) < 4.78 is 16.1. The summed E-state index contributed by atoms with van der Waals surface area (Å²) in [6.45, 7) is 4.28. The van der Waals surface area contributed by atoms with Gasteiger partial charge in [-0.3, -0.25) is 4.79 Å². The quantitative estimate of drug-likeness (QED) is 0.591. The van der Waals surface area contributed by atoms with Gasteiger partial charge in [0.05, 0.1) is 19.9 Å². The van der Waals surface area contributed by atoms with Crippen LogP contribution in [0.2, 0.25) is 0 Å². The molecular formula is C19H22N2O4. The van der Waals surface area contributed by atoms with Gasteiger partial charge in [0.2, 0.25) is 0 Å². The molecule has 0 bridgehead atoms. The average molecular weight is 342 g/mol. The van der Waals surface area contributed by atoms with Crippen LogP contribution in [-0.2, 0) is 4.79 Å². The Morgan fingerprint density at radius 1 is 1.16 bits per heavy atom. The summed E-state index contributed by atoms with van der Waals surface area (Å²) in [7, 11) is 1.58. The standard InChI is InChI=1S/C19H22N2O4/c1-4-24-18-9-8-16(23-3)11-15(18)12-20-21-19(22)13-25-17-7-5-6-14(2)10-17/h5-12H,4,13H2,1-3H3,(H,21,22)/b20-12+. The molecule has 0 aliphatic heterocycles. The fraction of sp³-hybridized carbons (Fsp3) is 0.263. The number of aryl methyl sites for hydroxylation is 1. The summed E-state index contributed by atoms with van der Waals surface area (Å²) >= 11 is 0. The summed E-state index contributed by atoms with van der Waals surface area (Å²) in [5.41, 5.74) is 4.21. The van der Waals surface area contributed by atoms with Crippen molar-refractivity contribution < 1.29 is 19.0 Å². The van der Waals surface area contributed by atoms with Gasteiger partial charge in [0.15, 0.2) is 6.61 Å². The minimum atomic E-state index is -0.349. The van der Waals surface area contributed by atoms with Crippen molar-refractivity contribution >= 4 is 12.1 Å². The lowest BCUT2D eigenvalue weighted by Crippen LogP contribution is -2.24. The van der Waals surface area contributed by atoms with Gasteiger partial charge in [0.25, 0.3) is 5.91 Å². The number of rotatable bonds is 8. The Hall–Kier alpha value is -3.02. The molecule has 1 amide bonds. The number of carbonyl (C=O) groups excluding carboxylic acids is 1. The molecule has 6 heteroatoms. The summed E-state index contributed by atoms with van der Waals surface area (Å²) in [6.07, 6.45) is 1.51. The van der Waals surface area contributed by atoms with Crippen molar-refractivity contribution in [2.75, 3.05) is 20.3 Å². The Labute approximate surface area is 147 Å². The first-order valence-corrected chi connectivity index (χ1v) is 7.94. The number of hydrogen-bond acceptors (Lipinski definition) is 5. The third-order valence-electron chi connectivity index (χ3n) is 3.27. The van der Waals surface area contributed by atoms with E-state index in [-0.39, 0.29) is 12.5 Å². The topological polar surface area (TPSA) is 69.2 Å². The maximum atomic E-state index is 11.8. The molecule has 0 saturated carbocycles. The molecule has 0 unspecified atom stereocenters. The molecule has 25 heavy (non-hydrogen) atoms. The van der Waals surface area contributed by atoms with E-state index in [0.29, 0.717) is 29.4 Å². The lowest BCUT2D eigenvalue weighted by Gasteiger charge is -2.09. The maximum absolute atomic E-state index is 11.8. The smallest absolute Gasteiger partial charge is 0.277 e. The molecule has 0 atom stereocenters. The molecule has 0 radical (unpaired) electrons. The minimum Gasteiger partial charge on any atom is -0.497 e. The maximum Gasteiger partial charge on any atom is 0.277 e. The lowest BCUT2D eigenvalue weighted by molar-refractivity contribution is -0.123. The largest absolute Gasteiger partial charge is 0.497 e. The van der Waals surface area contributed by atoms with Crippen molar-refractivity contribution in [3.05, 3.63) is 53.6 Å². The Bertz CT molecular complexity index is 744. The minimum absolute atomic E-state index is 0.114. The van der Waals surface area contributed by atoms with Gasteiger partial charge in [-0.25, -0.2) is 5.43 Å². The molecule has 0 spiro atoms. The Morgan fingerprint density at radius 3 is 2.72 bits per heavy atom. The van der Waals surface area contributed by atoms with Crippen LogP contribution in [0.5, 0.6) is 17.2 Å². The van der Waals surface area contributed by atoms with Gasteiger partial charge in [-0.05, 0) is 49.7 Å². The van der Waals surface area contributed by atoms with Crippen LogP contribution < -0.4 is 19.6 Å². The van der Waals surface area contributed by atoms with Gasteiger partial charge < -0.3 is 14.2 Å². The summed E-state index contributed by atoms with van der Waals surface area (Å²) in [5.74, 6) is 1.64. The van der Waals surface area contributed by atoms with E-state index in [2.05, 4.69) is 10.5 Å². The number of nitrogens with zero attached hydrogens (tertiary/aromatic N) is 1. The molecule has 1 N–H and O–H groups in total. The molecule has 2 rings (SSSR count). The first kappa shape index (κ1) is 18.3. The van der Waals surface area contributed by atoms with Crippen molar-refractivity contribution in [1.29, 1.82) is 0 Å². The van der Waals surface area contributed by atoms with E-state index in [1.807, 2.05) is 32.0 Å². The summed E-state index contributed by atoms with van der Waals surface area (Å²) in [4.78, 5) is 11.8. The Kier molecular flexibility index (Phi) is 6.83. The van der Waals surface area contributed by atoms with Crippen LogP contribution >= 0.6 is 0 Å². The second-order valence-electron chi connectivity index (χ2n) is 5.24. The highest BCUT2D eigenvalue weighted by atomic mass is 16.5. The molecular weight excluding hydrogens is 320 g/mol. The number of nitrogens with one attached hydrogen (secondary N) is 1. The predicted molar refractivity (Wildman–Crippen MR) is 96.6 cm³/mol. The van der Waals surface area contributed by atoms with Crippen LogP contribution in [0, 0.1) is 6.92 Å². The highest BCUT2D eigenvalue weighted by Gasteiger charge is 2.05. The van der Waals surface area contributed by atoms with Crippen LogP contribution in [-0.4, -0.2) is 32.4 Å². The zero-order valence-electron chi connectivity index (χ0n) is 14.6. The highest BCUT2D eigenvalue weighted by molar-refractivity contribution is 5.86. The second kappa shape index (κ2) is 9.32. The lowest BCUT2D eigenvalue weighted by atomic mass is 10.2. The van der Waals surface area contributed by atoms with Gasteiger partial charge in [-0.15, -0.1) is 0 Å². The zero-order valence-corrected chi connectivity index (χ0v) is 14.6. The number of carbonyl (C=O) groups is 1. The molecule has 132 valence electrons. The van der Waals surface area contributed by atoms with Crippen molar-refractivity contribution in [2.45, 2.75) is 13.8 Å². The van der Waals surface area contributed by atoms with Gasteiger partial charge in [-0.1, -0.05) is 12.1 Å². The van der Waals surface area contributed by atoms with Gasteiger partial charge >= 0.3 is 0 Å². The van der Waals surface area contributed by atoms with E-state index in [1.54, 1.807) is 31.4 Å². The second-order valence-corrected chi connectivity index (χ2v) is 5.24. The van der Waals surface area contributed by atoms with E-state index >= 15 is 0 Å². The third-order valence-corrected chi connectivity index (χ3v) is 3.27. The molecule has 6 nitrogen and oxygen atoms in total. The third kappa shape index (κ3) is 5.84. The SMILES string of the molecule is CCOc1ccc(OC)cc1/C=N/NC(=O)COc1cccc(C)c1. The zero-order chi connectivity index (χ0) is 18.1. The first-order valence-electron chi connectivity index (χ1n) is 7.94. The number of methoxy groups -OCH3 is 1. The van der Waals surface area contributed by atoms with E-state index in [4.69, 9.17) is 14.2 Å². The predicted octanol–water partition coefficient (Wildman–Crippen LogP) is 2.93. The van der Waals surface area contributed by atoms with Crippen molar-refractivity contribution in [2.24, 2.45) is 5.10 Å². The number of amides is 1. The summed E-state index contributed by atoms with van der Waals surface area (Å²) in [6, 6.07) is 12.9. The van der Waals surface area contributed by atoms with Crippen LogP contribution in [0.15, 0.2) is 47.6 Å². The molecule has 2 aromatic rings. The van der Waals surface area contributed by atoms with Gasteiger partial charge in [-0.2, -0.15) is 5.10 Å². The monoisotopic (exact) mass is 342 g/mol. The molecule has 0 heterocycles. The van der Waals surface area contributed by atoms with E-state index < -0.39 is 0 Å². The number of ether oxygens (including phenoxy) is 3. The van der Waals surface area contributed by atoms with Crippen LogP contribution in [0.4, 0.5) is 0 Å². The number of hydrogen-bond donors (Lipinski definition) is 1. The highest BCUT2D eigenvalue weighted by Crippen LogP contribution is 2.22. The van der Waals surface area contributed by atoms with Crippen LogP contribution in [0.1, 0.15) is 18.1 Å². The molecule has 0 aliphatic rings. The number of hydrazone groups is 1. The Balaban J connectivity index is 1.92. The van der Waals surface area contributed by atoms with Crippen molar-refractivity contribution in [1.82, 2.24) is 5.43 Å². The summed E-state index contributed by atoms with van der Waals surface area (Å²) in [5, 5.41) is 3.95. The average Bonchev–Trinajstić information content (AvgIpc) is 2.61. The van der Waals surface area contributed by atoms with Gasteiger partial charge in [0, 0.05) is 5.56 Å². The molecule has 0 fully saturated rings. The molecule has 0 aliphatic carbocycles. The van der Waals surface area contributed by atoms with Crippen molar-refractivity contribution in [3.8, 4) is 17.2 Å². The fourth-order valence-electron chi connectivity index (χ4n) is 2.10. The normalized spacial score (nSPS) is 10.5. The van der Waals surface area contributed by atoms with Crippen LogP contribution in [0.25, 0.3) is 0 Å². The fourth-order valence-corrected chi connectivity index (χ4v) is 2.10. The van der Waals surface area contributed by atoms with Crippen LogP contribution in [0.3, 0.4) is 0 Å². The van der Waals surface area contributed by atoms with E-state index in [0.717, 1.165) is 5.56 Å². The van der Waals surface area contributed by atoms with E-state index in [9.17, 15) is 4.79 Å². The van der Waals surface area contributed by atoms with E-state index in [1.165, 1.54) is 6.21 Å². The number of benzene rings is 2. The Morgan fingerprint density at radius 2 is 2.00 bits per heavy atom. The molecule has 0 aromatic heterocycles. The molecule has 0 saturated heterocycles. The van der Waals surface area contributed by atoms with Crippen molar-refractivity contribution in [3.63, 3.8) is 0 Å².